The number of anilines is 1. The van der Waals surface area contributed by atoms with Gasteiger partial charge in [0, 0.05) is 10.2 Å². The van der Waals surface area contributed by atoms with E-state index in [1.165, 1.54) is 4.57 Å². The second kappa shape index (κ2) is 6.86. The molecular formula is C15H16BrN5O2S. The number of fused-ring (bicyclic) bond motifs is 1. The van der Waals surface area contributed by atoms with Crippen molar-refractivity contribution >= 4 is 43.7 Å². The number of rotatable bonds is 5. The molecule has 0 spiro atoms. The van der Waals surface area contributed by atoms with Gasteiger partial charge in [-0.1, -0.05) is 35.0 Å². The van der Waals surface area contributed by atoms with Crippen LogP contribution in [0.2, 0.25) is 0 Å². The molecule has 0 bridgehead atoms. The van der Waals surface area contributed by atoms with Gasteiger partial charge >= 0.3 is 5.69 Å². The van der Waals surface area contributed by atoms with Crippen LogP contribution in [-0.2, 0) is 17.3 Å². The Morgan fingerprint density at radius 3 is 2.67 bits per heavy atom. The molecule has 1 unspecified atom stereocenters. The summed E-state index contributed by atoms with van der Waals surface area (Å²) in [6, 6.07) is 7.63. The second-order valence-electron chi connectivity index (χ2n) is 5.28. The fraction of sp³-hybridized carbons (Fsp3) is 0.267. The Morgan fingerprint density at radius 1 is 1.29 bits per heavy atom. The van der Waals surface area contributed by atoms with E-state index in [-0.39, 0.29) is 16.7 Å². The fourth-order valence-corrected chi connectivity index (χ4v) is 3.53. The van der Waals surface area contributed by atoms with Gasteiger partial charge in [-0.15, -0.1) is 0 Å². The van der Waals surface area contributed by atoms with Crippen LogP contribution in [0.25, 0.3) is 11.2 Å². The van der Waals surface area contributed by atoms with E-state index in [9.17, 15) is 9.00 Å². The van der Waals surface area contributed by atoms with Crippen molar-refractivity contribution in [2.24, 2.45) is 0 Å². The number of imidazole rings is 1. The number of nitrogen functional groups attached to an aromatic ring is 1. The molecule has 1 aromatic carbocycles. The molecule has 3 rings (SSSR count). The van der Waals surface area contributed by atoms with Crippen molar-refractivity contribution in [2.45, 2.75) is 25.0 Å². The van der Waals surface area contributed by atoms with E-state index < -0.39 is 10.8 Å². The Bertz CT molecular complexity index is 964. The molecule has 0 radical (unpaired) electrons. The molecule has 2 aromatic heterocycles. The Morgan fingerprint density at radius 2 is 2.00 bits per heavy atom. The number of aromatic amines is 1. The highest BCUT2D eigenvalue weighted by molar-refractivity contribution is 9.10. The topological polar surface area (TPSA) is 107 Å². The predicted molar refractivity (Wildman–Crippen MR) is 97.4 cm³/mol. The first-order valence-corrected chi connectivity index (χ1v) is 9.49. The number of hydrogen-bond acceptors (Lipinski definition) is 5. The van der Waals surface area contributed by atoms with E-state index >= 15 is 0 Å². The van der Waals surface area contributed by atoms with Crippen LogP contribution in [0.3, 0.4) is 0 Å². The molecular weight excluding hydrogens is 394 g/mol. The third kappa shape index (κ3) is 3.27. The molecule has 0 fully saturated rings. The Hall–Kier alpha value is -2.00. The summed E-state index contributed by atoms with van der Waals surface area (Å²) in [5.74, 6) is 0.581. The zero-order valence-corrected chi connectivity index (χ0v) is 15.4. The number of H-pyrrole nitrogens is 1. The van der Waals surface area contributed by atoms with Gasteiger partial charge in [0.2, 0.25) is 5.16 Å². The van der Waals surface area contributed by atoms with E-state index in [2.05, 4.69) is 30.9 Å². The predicted octanol–water partition coefficient (Wildman–Crippen LogP) is 2.03. The van der Waals surface area contributed by atoms with Crippen molar-refractivity contribution < 1.29 is 4.21 Å². The number of benzene rings is 1. The van der Waals surface area contributed by atoms with Gasteiger partial charge in [0.05, 0.1) is 17.3 Å². The number of halogens is 1. The fourth-order valence-electron chi connectivity index (χ4n) is 2.33. The largest absolute Gasteiger partial charge is 0.382 e. The number of hydrogen-bond donors (Lipinski definition) is 2. The van der Waals surface area contributed by atoms with Crippen LogP contribution in [0, 0.1) is 0 Å². The van der Waals surface area contributed by atoms with Crippen LogP contribution in [0.1, 0.15) is 18.9 Å². The molecule has 126 valence electrons. The van der Waals surface area contributed by atoms with E-state index in [1.807, 2.05) is 31.2 Å². The summed E-state index contributed by atoms with van der Waals surface area (Å²) in [7, 11) is -1.34. The first kappa shape index (κ1) is 16.8. The van der Waals surface area contributed by atoms with Crippen LogP contribution in [0.4, 0.5) is 5.82 Å². The van der Waals surface area contributed by atoms with E-state index in [0.29, 0.717) is 23.5 Å². The molecule has 0 aliphatic carbocycles. The highest BCUT2D eigenvalue weighted by Gasteiger charge is 2.16. The summed E-state index contributed by atoms with van der Waals surface area (Å²) < 4.78 is 14.6. The third-order valence-electron chi connectivity index (χ3n) is 3.48. The second-order valence-corrected chi connectivity index (χ2v) is 7.66. The molecule has 9 heteroatoms. The van der Waals surface area contributed by atoms with Gasteiger partial charge in [-0.3, -0.25) is 8.78 Å². The lowest BCUT2D eigenvalue weighted by atomic mass is 10.2. The Kier molecular flexibility index (Phi) is 4.81. The Labute approximate surface area is 148 Å². The van der Waals surface area contributed by atoms with Crippen LogP contribution >= 0.6 is 15.9 Å². The van der Waals surface area contributed by atoms with Crippen LogP contribution in [-0.4, -0.2) is 29.5 Å². The van der Waals surface area contributed by atoms with Crippen molar-refractivity contribution in [2.75, 3.05) is 11.5 Å². The minimum absolute atomic E-state index is 0.131. The summed E-state index contributed by atoms with van der Waals surface area (Å²) in [5.41, 5.74) is 7.26. The first-order chi connectivity index (χ1) is 11.5. The molecule has 0 saturated heterocycles. The lowest BCUT2D eigenvalue weighted by Gasteiger charge is -2.05. The molecule has 0 aliphatic heterocycles. The van der Waals surface area contributed by atoms with Crippen molar-refractivity contribution in [1.29, 1.82) is 0 Å². The van der Waals surface area contributed by atoms with Crippen molar-refractivity contribution in [3.05, 3.63) is 44.8 Å². The zero-order valence-electron chi connectivity index (χ0n) is 13.0. The summed E-state index contributed by atoms with van der Waals surface area (Å²) in [6.07, 6.45) is 0.743. The standard InChI is InChI=1S/C15H16BrN5O2S/c1-2-7-24(23)14-19-12(17)11-13(20-14)21(15(22)18-11)8-9-3-5-10(16)6-4-9/h3-6H,2,7-8H2,1H3,(H,18,22)(H2,17,19,20). The lowest BCUT2D eigenvalue weighted by molar-refractivity contribution is 0.674. The van der Waals surface area contributed by atoms with Gasteiger partial charge in [0.25, 0.3) is 0 Å². The average Bonchev–Trinajstić information content (AvgIpc) is 2.87. The molecule has 0 aliphatic rings. The van der Waals surface area contributed by atoms with Crippen molar-refractivity contribution in [1.82, 2.24) is 19.5 Å². The number of nitrogens with two attached hydrogens (primary N) is 1. The van der Waals surface area contributed by atoms with Gasteiger partial charge in [0.1, 0.15) is 5.52 Å². The van der Waals surface area contributed by atoms with Gasteiger partial charge in [0.15, 0.2) is 11.5 Å². The maximum Gasteiger partial charge on any atom is 0.328 e. The Balaban J connectivity index is 2.09. The van der Waals surface area contributed by atoms with Gasteiger partial charge in [-0.2, -0.15) is 0 Å². The monoisotopic (exact) mass is 409 g/mol. The van der Waals surface area contributed by atoms with Gasteiger partial charge < -0.3 is 10.7 Å². The molecule has 3 aromatic rings. The lowest BCUT2D eigenvalue weighted by Crippen LogP contribution is -2.18. The molecule has 3 N–H and O–H groups in total. The molecule has 24 heavy (non-hydrogen) atoms. The smallest absolute Gasteiger partial charge is 0.328 e. The first-order valence-electron chi connectivity index (χ1n) is 7.38. The average molecular weight is 410 g/mol. The zero-order chi connectivity index (χ0) is 17.3. The van der Waals surface area contributed by atoms with Gasteiger partial charge in [-0.05, 0) is 24.1 Å². The SMILES string of the molecule is CCCS(=O)c1nc(N)c2[nH]c(=O)n(Cc3ccc(Br)cc3)c2n1. The van der Waals surface area contributed by atoms with Crippen LogP contribution in [0.5, 0.6) is 0 Å². The van der Waals surface area contributed by atoms with Crippen LogP contribution in [0.15, 0.2) is 38.7 Å². The molecule has 1 atom stereocenters. The minimum Gasteiger partial charge on any atom is -0.382 e. The molecule has 0 amide bonds. The number of nitrogens with zero attached hydrogens (tertiary/aromatic N) is 3. The highest BCUT2D eigenvalue weighted by atomic mass is 79.9. The quantitative estimate of drug-likeness (QED) is 0.626. The highest BCUT2D eigenvalue weighted by Crippen LogP contribution is 2.18. The maximum absolute atomic E-state index is 12.3. The minimum atomic E-state index is -1.34. The van der Waals surface area contributed by atoms with Crippen LogP contribution < -0.4 is 11.4 Å². The summed E-state index contributed by atoms with van der Waals surface area (Å²) in [4.78, 5) is 23.3. The van der Waals surface area contributed by atoms with Crippen molar-refractivity contribution in [3.63, 3.8) is 0 Å². The molecule has 7 nitrogen and oxygen atoms in total. The van der Waals surface area contributed by atoms with E-state index in [1.54, 1.807) is 0 Å². The van der Waals surface area contributed by atoms with Gasteiger partial charge in [-0.25, -0.2) is 14.8 Å². The van der Waals surface area contributed by atoms with E-state index in [0.717, 1.165) is 16.5 Å². The summed E-state index contributed by atoms with van der Waals surface area (Å²) in [6.45, 7) is 2.27. The summed E-state index contributed by atoms with van der Waals surface area (Å²) in [5, 5.41) is 0.158. The van der Waals surface area contributed by atoms with Crippen molar-refractivity contribution in [3.8, 4) is 0 Å². The van der Waals surface area contributed by atoms with E-state index in [4.69, 9.17) is 5.73 Å². The summed E-state index contributed by atoms with van der Waals surface area (Å²) >= 11 is 3.38. The molecule has 0 saturated carbocycles. The number of nitrogens with one attached hydrogen (secondary N) is 1. The maximum atomic E-state index is 12.3. The normalized spacial score (nSPS) is 12.6. The number of aromatic nitrogens is 4. The molecule has 2 heterocycles. The third-order valence-corrected chi connectivity index (χ3v) is 5.37.